The highest BCUT2D eigenvalue weighted by molar-refractivity contribution is 8.00. The van der Waals surface area contributed by atoms with Gasteiger partial charge in [-0.15, -0.1) is 11.8 Å². The van der Waals surface area contributed by atoms with Gasteiger partial charge < -0.3 is 15.5 Å². The second-order valence-corrected chi connectivity index (χ2v) is 11.2. The fourth-order valence-corrected chi connectivity index (χ4v) is 5.65. The van der Waals surface area contributed by atoms with Crippen LogP contribution in [0.4, 0.5) is 11.4 Å². The third-order valence-corrected chi connectivity index (χ3v) is 8.19. The summed E-state index contributed by atoms with van der Waals surface area (Å²) in [5, 5.41) is 21.0. The Morgan fingerprint density at radius 1 is 0.842 bits per heavy atom. The van der Waals surface area contributed by atoms with Crippen LogP contribution in [0.15, 0.2) is 107 Å². The number of aromatic carboxylic acids is 1. The van der Waals surface area contributed by atoms with E-state index in [0.717, 1.165) is 11.1 Å². The van der Waals surface area contributed by atoms with Crippen molar-refractivity contribution in [3.63, 3.8) is 0 Å². The van der Waals surface area contributed by atoms with Gasteiger partial charge in [-0.2, -0.15) is 0 Å². The average Bonchev–Trinajstić information content (AvgIpc) is 2.89. The topological polar surface area (TPSA) is 133 Å². The summed E-state index contributed by atoms with van der Waals surface area (Å²) in [6, 6.07) is 26.1. The van der Waals surface area contributed by atoms with E-state index >= 15 is 0 Å². The van der Waals surface area contributed by atoms with E-state index in [4.69, 9.17) is 0 Å². The zero-order valence-electron chi connectivity index (χ0n) is 20.2. The molecule has 0 spiro atoms. The first-order valence-electron chi connectivity index (χ1n) is 11.4. The van der Waals surface area contributed by atoms with Crippen LogP contribution in [0.3, 0.4) is 0 Å². The predicted octanol–water partition coefficient (Wildman–Crippen LogP) is 5.67. The largest absolute Gasteiger partial charge is 0.507 e. The molecule has 194 valence electrons. The number of hydrogen-bond donors (Lipinski definition) is 4. The minimum atomic E-state index is -3.75. The van der Waals surface area contributed by atoms with Gasteiger partial charge in [0, 0.05) is 16.3 Å². The standard InChI is InChI=1S/C28H24N2O6S2/c1-18-7-14-23(15-8-18)38(35,36)30-20-9-12-22(13-10-20)37-26(19-5-3-2-4-6-19)27(32)29-21-11-16-25(31)24(17-21)28(33)34/h2-17,26,30-31H,1H3,(H,29,32)(H,33,34). The monoisotopic (exact) mass is 548 g/mol. The molecule has 0 fully saturated rings. The lowest BCUT2D eigenvalue weighted by Gasteiger charge is -2.18. The van der Waals surface area contributed by atoms with Crippen LogP contribution in [0.1, 0.15) is 26.7 Å². The molecule has 0 radical (unpaired) electrons. The summed E-state index contributed by atoms with van der Waals surface area (Å²) in [5.41, 5.74) is 1.95. The second-order valence-electron chi connectivity index (χ2n) is 8.38. The maximum atomic E-state index is 13.3. The van der Waals surface area contributed by atoms with E-state index in [1.165, 1.54) is 30.0 Å². The van der Waals surface area contributed by atoms with Crippen LogP contribution < -0.4 is 10.0 Å². The van der Waals surface area contributed by atoms with Gasteiger partial charge in [-0.25, -0.2) is 13.2 Å². The Bertz CT molecular complexity index is 1560. The maximum Gasteiger partial charge on any atom is 0.339 e. The van der Waals surface area contributed by atoms with Crippen molar-refractivity contribution in [3.8, 4) is 5.75 Å². The van der Waals surface area contributed by atoms with Crippen molar-refractivity contribution in [2.24, 2.45) is 0 Å². The highest BCUT2D eigenvalue weighted by Gasteiger charge is 2.23. The lowest BCUT2D eigenvalue weighted by Crippen LogP contribution is -2.19. The van der Waals surface area contributed by atoms with Crippen molar-refractivity contribution in [1.29, 1.82) is 0 Å². The molecule has 0 saturated carbocycles. The van der Waals surface area contributed by atoms with Crippen LogP contribution in [0.2, 0.25) is 0 Å². The zero-order chi connectivity index (χ0) is 27.3. The molecule has 0 aliphatic rings. The van der Waals surface area contributed by atoms with Crippen LogP contribution in [0.25, 0.3) is 0 Å². The van der Waals surface area contributed by atoms with E-state index < -0.39 is 32.9 Å². The lowest BCUT2D eigenvalue weighted by atomic mass is 10.1. The number of aromatic hydroxyl groups is 1. The summed E-state index contributed by atoms with van der Waals surface area (Å²) >= 11 is 1.25. The molecule has 0 saturated heterocycles. The Morgan fingerprint density at radius 2 is 1.47 bits per heavy atom. The Hall–Kier alpha value is -4.28. The van der Waals surface area contributed by atoms with Crippen LogP contribution in [0.5, 0.6) is 5.75 Å². The van der Waals surface area contributed by atoms with Gasteiger partial charge in [0.05, 0.1) is 4.90 Å². The van der Waals surface area contributed by atoms with Gasteiger partial charge in [0.25, 0.3) is 10.0 Å². The molecule has 0 aliphatic heterocycles. The van der Waals surface area contributed by atoms with Crippen LogP contribution in [-0.4, -0.2) is 30.5 Å². The second kappa shape index (κ2) is 11.4. The molecule has 4 aromatic carbocycles. The SMILES string of the molecule is Cc1ccc(S(=O)(=O)Nc2ccc(SC(C(=O)Nc3ccc(O)c(C(=O)O)c3)c3ccccc3)cc2)cc1. The summed E-state index contributed by atoms with van der Waals surface area (Å²) in [6.45, 7) is 1.88. The van der Waals surface area contributed by atoms with Gasteiger partial charge in [0.1, 0.15) is 16.6 Å². The number of carboxylic acids is 1. The van der Waals surface area contributed by atoms with Crippen LogP contribution in [-0.2, 0) is 14.8 Å². The third kappa shape index (κ3) is 6.53. The van der Waals surface area contributed by atoms with Crippen molar-refractivity contribution in [2.45, 2.75) is 22.0 Å². The van der Waals surface area contributed by atoms with Gasteiger partial charge in [-0.1, -0.05) is 48.0 Å². The van der Waals surface area contributed by atoms with E-state index in [1.807, 2.05) is 25.1 Å². The summed E-state index contributed by atoms with van der Waals surface area (Å²) in [5.74, 6) is -2.11. The lowest BCUT2D eigenvalue weighted by molar-refractivity contribution is -0.115. The molecule has 1 amide bonds. The van der Waals surface area contributed by atoms with Crippen LogP contribution in [0, 0.1) is 6.92 Å². The molecule has 10 heteroatoms. The summed E-state index contributed by atoms with van der Waals surface area (Å²) in [7, 11) is -3.75. The first-order valence-corrected chi connectivity index (χ1v) is 13.8. The molecule has 8 nitrogen and oxygen atoms in total. The number of phenols is 1. The van der Waals surface area contributed by atoms with Gasteiger partial charge in [-0.3, -0.25) is 9.52 Å². The number of anilines is 2. The number of hydrogen-bond acceptors (Lipinski definition) is 6. The van der Waals surface area contributed by atoms with Crippen molar-refractivity contribution in [2.75, 3.05) is 10.0 Å². The zero-order valence-corrected chi connectivity index (χ0v) is 21.8. The van der Waals surface area contributed by atoms with Crippen molar-refractivity contribution < 1.29 is 28.2 Å². The Balaban J connectivity index is 1.53. The number of rotatable bonds is 9. The molecule has 4 aromatic rings. The molecule has 0 bridgehead atoms. The molecule has 0 aliphatic carbocycles. The van der Waals surface area contributed by atoms with E-state index in [-0.39, 0.29) is 16.1 Å². The number of thioether (sulfide) groups is 1. The Kier molecular flexibility index (Phi) is 8.04. The van der Waals surface area contributed by atoms with Crippen molar-refractivity contribution in [1.82, 2.24) is 0 Å². The van der Waals surface area contributed by atoms with E-state index in [9.17, 15) is 28.2 Å². The molecular weight excluding hydrogens is 524 g/mol. The summed E-state index contributed by atoms with van der Waals surface area (Å²) < 4.78 is 27.9. The average molecular weight is 549 g/mol. The number of sulfonamides is 1. The van der Waals surface area contributed by atoms with E-state index in [2.05, 4.69) is 10.0 Å². The highest BCUT2D eigenvalue weighted by Crippen LogP contribution is 2.37. The van der Waals surface area contributed by atoms with E-state index in [0.29, 0.717) is 10.6 Å². The third-order valence-electron chi connectivity index (χ3n) is 5.53. The molecule has 0 aromatic heterocycles. The minimum Gasteiger partial charge on any atom is -0.507 e. The van der Waals surface area contributed by atoms with Gasteiger partial charge in [0.2, 0.25) is 5.91 Å². The molecule has 38 heavy (non-hydrogen) atoms. The number of benzene rings is 4. The molecule has 4 N–H and O–H groups in total. The smallest absolute Gasteiger partial charge is 0.339 e. The van der Waals surface area contributed by atoms with E-state index in [1.54, 1.807) is 60.7 Å². The number of carbonyl (C=O) groups is 2. The van der Waals surface area contributed by atoms with Gasteiger partial charge >= 0.3 is 5.97 Å². The number of carbonyl (C=O) groups excluding carboxylic acids is 1. The first-order chi connectivity index (χ1) is 18.1. The summed E-state index contributed by atoms with van der Waals surface area (Å²) in [4.78, 5) is 25.5. The fraction of sp³-hybridized carbons (Fsp3) is 0.0714. The molecule has 1 atom stereocenters. The fourth-order valence-electron chi connectivity index (χ4n) is 3.56. The molecular formula is C28H24N2O6S2. The van der Waals surface area contributed by atoms with Crippen molar-refractivity contribution in [3.05, 3.63) is 114 Å². The number of aryl methyl sites for hydroxylation is 1. The number of carboxylic acid groups (broad SMARTS) is 1. The number of amides is 1. The predicted molar refractivity (Wildman–Crippen MR) is 147 cm³/mol. The molecule has 4 rings (SSSR count). The quantitative estimate of drug-likeness (QED) is 0.156. The molecule has 0 heterocycles. The number of nitrogens with one attached hydrogen (secondary N) is 2. The summed E-state index contributed by atoms with van der Waals surface area (Å²) in [6.07, 6.45) is 0. The van der Waals surface area contributed by atoms with Gasteiger partial charge in [0.15, 0.2) is 0 Å². The Morgan fingerprint density at radius 3 is 2.11 bits per heavy atom. The normalized spacial score (nSPS) is 11.9. The Labute approximate surface area is 224 Å². The van der Waals surface area contributed by atoms with Crippen LogP contribution >= 0.6 is 11.8 Å². The van der Waals surface area contributed by atoms with Crippen molar-refractivity contribution >= 4 is 45.0 Å². The first kappa shape index (κ1) is 26.8. The minimum absolute atomic E-state index is 0.155. The van der Waals surface area contributed by atoms with Gasteiger partial charge in [-0.05, 0) is 67.1 Å². The maximum absolute atomic E-state index is 13.3. The highest BCUT2D eigenvalue weighted by atomic mass is 32.2. The molecule has 1 unspecified atom stereocenters.